The lowest BCUT2D eigenvalue weighted by Crippen LogP contribution is -2.45. The Hall–Kier alpha value is -1.06. The quantitative estimate of drug-likeness (QED) is 0.155. The topological polar surface area (TPSA) is 52.6 Å². The van der Waals surface area contributed by atoms with E-state index in [4.69, 9.17) is 4.43 Å². The van der Waals surface area contributed by atoms with Gasteiger partial charge in [0.05, 0.1) is 5.41 Å². The largest absolute Gasteiger partial charge is 0.534 e. The number of alkyl halides is 3. The molecule has 26 heavy (non-hydrogen) atoms. The first-order valence-corrected chi connectivity index (χ1v) is 12.3. The molecule has 0 aliphatic carbocycles. The summed E-state index contributed by atoms with van der Waals surface area (Å²) in [7, 11) is -8.06. The summed E-state index contributed by atoms with van der Waals surface area (Å²) in [4.78, 5) is 0. The fourth-order valence-corrected chi connectivity index (χ4v) is 3.47. The minimum absolute atomic E-state index is 0.0479. The smallest absolute Gasteiger partial charge is 0.416 e. The fourth-order valence-electron chi connectivity index (χ4n) is 1.87. The second-order valence-electron chi connectivity index (χ2n) is 7.72. The van der Waals surface area contributed by atoms with Crippen molar-refractivity contribution < 1.29 is 30.2 Å². The lowest BCUT2D eigenvalue weighted by molar-refractivity contribution is -0.0537. The summed E-state index contributed by atoms with van der Waals surface area (Å²) in [5.74, 6) is -0.534. The summed E-state index contributed by atoms with van der Waals surface area (Å²) in [6, 6.07) is 0. The molecule has 0 atom stereocenters. The molecular weight excluding hydrogens is 385 g/mol. The molecule has 0 fully saturated rings. The van der Waals surface area contributed by atoms with Crippen LogP contribution in [0, 0.1) is 5.41 Å². The van der Waals surface area contributed by atoms with Crippen molar-refractivity contribution in [3.63, 3.8) is 0 Å². The molecule has 0 spiro atoms. The summed E-state index contributed by atoms with van der Waals surface area (Å²) in [6.45, 7) is 20.6. The SMILES string of the molecule is C=CCC(CC=C)(CO[Si](C)(C)C(C)(C)C)C(=C)OS(=O)(=O)C(F)(F)F. The highest BCUT2D eigenvalue weighted by Gasteiger charge is 2.51. The summed E-state index contributed by atoms with van der Waals surface area (Å²) >= 11 is 0. The highest BCUT2D eigenvalue weighted by atomic mass is 32.2. The van der Waals surface area contributed by atoms with E-state index in [0.29, 0.717) is 0 Å². The number of hydrogen-bond donors (Lipinski definition) is 0. The number of hydrogen-bond acceptors (Lipinski definition) is 4. The van der Waals surface area contributed by atoms with Crippen LogP contribution in [0.15, 0.2) is 37.6 Å². The molecule has 0 radical (unpaired) electrons. The van der Waals surface area contributed by atoms with Crippen molar-refractivity contribution >= 4 is 18.4 Å². The Labute approximate surface area is 156 Å². The molecule has 0 aromatic carbocycles. The van der Waals surface area contributed by atoms with Gasteiger partial charge in [0.1, 0.15) is 5.76 Å². The molecule has 0 N–H and O–H groups in total. The maximum Gasteiger partial charge on any atom is 0.534 e. The molecule has 0 aliphatic rings. The van der Waals surface area contributed by atoms with E-state index in [1.807, 2.05) is 33.9 Å². The van der Waals surface area contributed by atoms with Crippen LogP contribution in [0.25, 0.3) is 0 Å². The molecule has 9 heteroatoms. The first kappa shape index (κ1) is 24.9. The summed E-state index contributed by atoms with van der Waals surface area (Å²) in [5.41, 5.74) is -6.75. The van der Waals surface area contributed by atoms with Crippen LogP contribution in [0.4, 0.5) is 13.2 Å². The molecule has 0 aromatic heterocycles. The minimum atomic E-state index is -5.81. The van der Waals surface area contributed by atoms with Crippen LogP contribution >= 0.6 is 0 Å². The molecule has 0 aliphatic heterocycles. The van der Waals surface area contributed by atoms with Crippen LogP contribution in [-0.4, -0.2) is 28.9 Å². The van der Waals surface area contributed by atoms with Gasteiger partial charge in [-0.1, -0.05) is 39.5 Å². The predicted molar refractivity (Wildman–Crippen MR) is 100 cm³/mol. The van der Waals surface area contributed by atoms with Gasteiger partial charge in [0.15, 0.2) is 8.32 Å². The maximum absolute atomic E-state index is 12.7. The first-order valence-electron chi connectivity index (χ1n) is 8.02. The Morgan fingerprint density at radius 3 is 1.81 bits per heavy atom. The lowest BCUT2D eigenvalue weighted by Gasteiger charge is -2.41. The van der Waals surface area contributed by atoms with Crippen LogP contribution < -0.4 is 0 Å². The maximum atomic E-state index is 12.7. The third-order valence-electron chi connectivity index (χ3n) is 4.67. The van der Waals surface area contributed by atoms with E-state index in [1.165, 1.54) is 12.2 Å². The molecule has 0 rings (SSSR count). The van der Waals surface area contributed by atoms with Gasteiger partial charge in [-0.3, -0.25) is 0 Å². The van der Waals surface area contributed by atoms with Crippen LogP contribution in [0.5, 0.6) is 0 Å². The van der Waals surface area contributed by atoms with E-state index in [9.17, 15) is 21.6 Å². The summed E-state index contributed by atoms with van der Waals surface area (Å²) in [5, 5.41) is -0.138. The van der Waals surface area contributed by atoms with Gasteiger partial charge in [-0.15, -0.1) is 13.2 Å². The molecule has 0 saturated carbocycles. The van der Waals surface area contributed by atoms with Crippen molar-refractivity contribution in [2.75, 3.05) is 6.61 Å². The second kappa shape index (κ2) is 8.31. The Morgan fingerprint density at radius 1 is 1.08 bits per heavy atom. The molecule has 0 heterocycles. The van der Waals surface area contributed by atoms with Gasteiger partial charge < -0.3 is 8.61 Å². The fraction of sp³-hybridized carbons (Fsp3) is 0.647. The zero-order valence-electron chi connectivity index (χ0n) is 16.1. The zero-order chi connectivity index (χ0) is 21.0. The molecule has 0 saturated heterocycles. The highest BCUT2D eigenvalue weighted by molar-refractivity contribution is 7.87. The van der Waals surface area contributed by atoms with Gasteiger partial charge in [-0.25, -0.2) is 0 Å². The number of rotatable bonds is 10. The van der Waals surface area contributed by atoms with Crippen molar-refractivity contribution in [1.82, 2.24) is 0 Å². The van der Waals surface area contributed by atoms with Gasteiger partial charge in [0.2, 0.25) is 0 Å². The van der Waals surface area contributed by atoms with Crippen molar-refractivity contribution in [1.29, 1.82) is 0 Å². The average molecular weight is 415 g/mol. The highest BCUT2D eigenvalue weighted by Crippen LogP contribution is 2.43. The van der Waals surface area contributed by atoms with Crippen molar-refractivity contribution in [3.05, 3.63) is 37.6 Å². The normalized spacial score (nSPS) is 14.0. The van der Waals surface area contributed by atoms with E-state index in [-0.39, 0.29) is 24.5 Å². The number of allylic oxidation sites excluding steroid dienone is 2. The molecule has 0 unspecified atom stereocenters. The standard InChI is InChI=1S/C17H29F3O4SSi/c1-9-11-16(12-10-2,13-23-26(7,8)15(4,5)6)14(3)24-25(21,22)17(18,19)20/h9-10H,1-3,11-13H2,4-8H3. The Balaban J connectivity index is 5.80. The monoisotopic (exact) mass is 414 g/mol. The van der Waals surface area contributed by atoms with Crippen molar-refractivity contribution in [2.45, 2.75) is 57.3 Å². The Bertz CT molecular complexity index is 621. The Morgan fingerprint density at radius 2 is 1.50 bits per heavy atom. The van der Waals surface area contributed by atoms with Crippen LogP contribution in [-0.2, 0) is 18.7 Å². The Kier molecular flexibility index (Phi) is 7.97. The first-order chi connectivity index (χ1) is 11.5. The number of halogens is 3. The molecule has 4 nitrogen and oxygen atoms in total. The van der Waals surface area contributed by atoms with Crippen molar-refractivity contribution in [3.8, 4) is 0 Å². The van der Waals surface area contributed by atoms with Gasteiger partial charge >= 0.3 is 15.6 Å². The minimum Gasteiger partial charge on any atom is -0.416 e. The van der Waals surface area contributed by atoms with E-state index < -0.39 is 35.1 Å². The second-order valence-corrected chi connectivity index (χ2v) is 14.1. The third kappa shape index (κ3) is 5.99. The molecular formula is C17H29F3O4SSi. The molecule has 0 aromatic rings. The van der Waals surface area contributed by atoms with E-state index in [1.54, 1.807) is 0 Å². The third-order valence-corrected chi connectivity index (χ3v) is 10.1. The predicted octanol–water partition coefficient (Wildman–Crippen LogP) is 5.53. The summed E-state index contributed by atoms with van der Waals surface area (Å²) in [6.07, 6.45) is 3.18. The van der Waals surface area contributed by atoms with Gasteiger partial charge in [-0.2, -0.15) is 21.6 Å². The van der Waals surface area contributed by atoms with Crippen LogP contribution in [0.2, 0.25) is 18.1 Å². The summed E-state index contributed by atoms with van der Waals surface area (Å²) < 4.78 is 71.2. The van der Waals surface area contributed by atoms with E-state index in [0.717, 1.165) is 0 Å². The molecule has 0 bridgehead atoms. The van der Waals surface area contributed by atoms with Gasteiger partial charge in [0.25, 0.3) is 0 Å². The average Bonchev–Trinajstić information content (AvgIpc) is 2.42. The van der Waals surface area contributed by atoms with E-state index in [2.05, 4.69) is 23.9 Å². The van der Waals surface area contributed by atoms with Gasteiger partial charge in [0, 0.05) is 6.61 Å². The lowest BCUT2D eigenvalue weighted by atomic mass is 9.80. The zero-order valence-corrected chi connectivity index (χ0v) is 17.9. The molecule has 152 valence electrons. The molecule has 0 amide bonds. The van der Waals surface area contributed by atoms with Gasteiger partial charge in [-0.05, 0) is 31.0 Å². The van der Waals surface area contributed by atoms with Crippen LogP contribution in [0.3, 0.4) is 0 Å². The van der Waals surface area contributed by atoms with Crippen LogP contribution in [0.1, 0.15) is 33.6 Å². The van der Waals surface area contributed by atoms with E-state index >= 15 is 0 Å². The van der Waals surface area contributed by atoms with Crippen molar-refractivity contribution in [2.24, 2.45) is 5.41 Å².